The summed E-state index contributed by atoms with van der Waals surface area (Å²) in [6.07, 6.45) is 6.18. The second-order valence-corrected chi connectivity index (χ2v) is 8.78. The number of carbonyl (C=O) groups excluding carboxylic acids is 2. The molecule has 0 radical (unpaired) electrons. The lowest BCUT2D eigenvalue weighted by Crippen LogP contribution is -2.47. The Morgan fingerprint density at radius 3 is 2.62 bits per heavy atom. The molecule has 1 fully saturated rings. The highest BCUT2D eigenvalue weighted by molar-refractivity contribution is 7.03. The summed E-state index contributed by atoms with van der Waals surface area (Å²) in [5.41, 5.74) is 0.262. The predicted molar refractivity (Wildman–Crippen MR) is 112 cm³/mol. The van der Waals surface area contributed by atoms with Gasteiger partial charge >= 0.3 is 0 Å². The van der Waals surface area contributed by atoms with Crippen LogP contribution in [0.25, 0.3) is 0 Å². The van der Waals surface area contributed by atoms with Gasteiger partial charge in [0.2, 0.25) is 0 Å². The summed E-state index contributed by atoms with van der Waals surface area (Å²) in [5.74, 6) is 1.10. The quantitative estimate of drug-likeness (QED) is 0.697. The van der Waals surface area contributed by atoms with Crippen LogP contribution in [0.5, 0.6) is 0 Å². The molecule has 3 rings (SSSR count). The van der Waals surface area contributed by atoms with E-state index >= 15 is 0 Å². The Balaban J connectivity index is 1.90. The van der Waals surface area contributed by atoms with E-state index in [0.717, 1.165) is 43.6 Å². The molecule has 1 aliphatic rings. The van der Waals surface area contributed by atoms with E-state index in [2.05, 4.69) is 28.8 Å². The van der Waals surface area contributed by atoms with Crippen molar-refractivity contribution in [1.29, 1.82) is 0 Å². The highest BCUT2D eigenvalue weighted by Gasteiger charge is 2.36. The molecule has 0 unspecified atom stereocenters. The zero-order valence-corrected chi connectivity index (χ0v) is 18.2. The second-order valence-electron chi connectivity index (χ2n) is 8.17. The van der Waals surface area contributed by atoms with Crippen molar-refractivity contribution in [2.24, 2.45) is 5.92 Å². The number of aromatic nitrogens is 2. The van der Waals surface area contributed by atoms with Crippen molar-refractivity contribution in [2.75, 3.05) is 6.54 Å². The molecule has 1 aliphatic carbocycles. The topological polar surface area (TPSA) is 88.3 Å². The standard InChI is InChI=1S/C21H30N4O3S/c1-14(2)11-12-25(21(27)17-13-29-24-23-17)19(18-10-9-15(3)28-18)20(26)22-16-7-5-4-6-8-16/h9-10,13-14,16,19H,4-8,11-12H2,1-3H3,(H,22,26)/t19-/m1/s1. The van der Waals surface area contributed by atoms with Gasteiger partial charge in [0.05, 0.1) is 0 Å². The van der Waals surface area contributed by atoms with Crippen molar-refractivity contribution < 1.29 is 14.0 Å². The molecular formula is C21H30N4O3S. The molecule has 2 amide bonds. The third kappa shape index (κ3) is 5.65. The molecule has 1 N–H and O–H groups in total. The van der Waals surface area contributed by atoms with Crippen molar-refractivity contribution >= 4 is 23.3 Å². The van der Waals surface area contributed by atoms with Gasteiger partial charge in [0, 0.05) is 18.0 Å². The smallest absolute Gasteiger partial charge is 0.276 e. The minimum Gasteiger partial charge on any atom is -0.464 e. The molecule has 29 heavy (non-hydrogen) atoms. The van der Waals surface area contributed by atoms with Crippen molar-refractivity contribution in [2.45, 2.75) is 71.4 Å². The number of amides is 2. The molecule has 0 spiro atoms. The fraction of sp³-hybridized carbons (Fsp3) is 0.619. The highest BCUT2D eigenvalue weighted by Crippen LogP contribution is 2.27. The Bertz CT molecular complexity index is 797. The van der Waals surface area contributed by atoms with Gasteiger partial charge in [-0.25, -0.2) is 0 Å². The van der Waals surface area contributed by atoms with E-state index in [0.29, 0.717) is 24.0 Å². The number of furan rings is 1. The molecule has 158 valence electrons. The first-order chi connectivity index (χ1) is 14.0. The third-order valence-corrected chi connectivity index (χ3v) is 5.83. The molecule has 0 bridgehead atoms. The first-order valence-corrected chi connectivity index (χ1v) is 11.2. The Kier molecular flexibility index (Phi) is 7.41. The van der Waals surface area contributed by atoms with Gasteiger partial charge in [-0.15, -0.1) is 5.10 Å². The number of nitrogens with zero attached hydrogens (tertiary/aromatic N) is 3. The van der Waals surface area contributed by atoms with Crippen LogP contribution < -0.4 is 5.32 Å². The van der Waals surface area contributed by atoms with Gasteiger partial charge in [0.1, 0.15) is 11.5 Å². The van der Waals surface area contributed by atoms with E-state index in [9.17, 15) is 9.59 Å². The van der Waals surface area contributed by atoms with Gasteiger partial charge in [0.15, 0.2) is 11.7 Å². The third-order valence-electron chi connectivity index (χ3n) is 5.33. The number of carbonyl (C=O) groups is 2. The summed E-state index contributed by atoms with van der Waals surface area (Å²) in [6.45, 7) is 6.48. The lowest BCUT2D eigenvalue weighted by atomic mass is 9.95. The minimum absolute atomic E-state index is 0.151. The van der Waals surface area contributed by atoms with Gasteiger partial charge < -0.3 is 14.6 Å². The molecular weight excluding hydrogens is 388 g/mol. The van der Waals surface area contributed by atoms with E-state index < -0.39 is 6.04 Å². The summed E-state index contributed by atoms with van der Waals surface area (Å²) in [5, 5.41) is 8.72. The molecule has 7 nitrogen and oxygen atoms in total. The van der Waals surface area contributed by atoms with Gasteiger partial charge in [-0.05, 0) is 55.8 Å². The van der Waals surface area contributed by atoms with Crippen LogP contribution in [0.1, 0.15) is 80.4 Å². The van der Waals surface area contributed by atoms with E-state index in [4.69, 9.17) is 4.42 Å². The van der Waals surface area contributed by atoms with Crippen molar-refractivity contribution in [3.63, 3.8) is 0 Å². The van der Waals surface area contributed by atoms with Crippen LogP contribution >= 0.6 is 11.5 Å². The number of aryl methyl sites for hydroxylation is 1. The Labute approximate surface area is 176 Å². The zero-order valence-electron chi connectivity index (χ0n) is 17.4. The second kappa shape index (κ2) is 10.0. The number of nitrogens with one attached hydrogen (secondary N) is 1. The van der Waals surface area contributed by atoms with Crippen LogP contribution in [0.15, 0.2) is 21.9 Å². The average Bonchev–Trinajstić information content (AvgIpc) is 3.37. The summed E-state index contributed by atoms with van der Waals surface area (Å²) in [6, 6.07) is 2.94. The van der Waals surface area contributed by atoms with Crippen molar-refractivity contribution in [3.05, 3.63) is 34.7 Å². The molecule has 0 aliphatic heterocycles. The van der Waals surface area contributed by atoms with E-state index in [1.807, 2.05) is 13.0 Å². The number of rotatable bonds is 8. The Morgan fingerprint density at radius 1 is 1.28 bits per heavy atom. The Morgan fingerprint density at radius 2 is 2.03 bits per heavy atom. The monoisotopic (exact) mass is 418 g/mol. The van der Waals surface area contributed by atoms with Gasteiger partial charge in [-0.3, -0.25) is 9.59 Å². The molecule has 2 aromatic rings. The normalized spacial score (nSPS) is 16.0. The van der Waals surface area contributed by atoms with Crippen LogP contribution in [0.2, 0.25) is 0 Å². The molecule has 8 heteroatoms. The lowest BCUT2D eigenvalue weighted by Gasteiger charge is -2.32. The van der Waals surface area contributed by atoms with E-state index in [1.54, 1.807) is 16.3 Å². The molecule has 2 heterocycles. The molecule has 0 aromatic carbocycles. The molecule has 1 atom stereocenters. The maximum Gasteiger partial charge on any atom is 0.276 e. The molecule has 2 aromatic heterocycles. The van der Waals surface area contributed by atoms with Crippen LogP contribution in [0.3, 0.4) is 0 Å². The van der Waals surface area contributed by atoms with Crippen molar-refractivity contribution in [3.8, 4) is 0 Å². The predicted octanol–water partition coefficient (Wildman–Crippen LogP) is 4.12. The van der Waals surface area contributed by atoms with Gasteiger partial charge in [0.25, 0.3) is 11.8 Å². The number of hydrogen-bond acceptors (Lipinski definition) is 6. The van der Waals surface area contributed by atoms with Crippen LogP contribution in [-0.2, 0) is 4.79 Å². The fourth-order valence-electron chi connectivity index (χ4n) is 3.70. The Hall–Kier alpha value is -2.22. The molecule has 0 saturated heterocycles. The maximum atomic E-state index is 13.4. The van der Waals surface area contributed by atoms with Crippen molar-refractivity contribution in [1.82, 2.24) is 19.8 Å². The van der Waals surface area contributed by atoms with Crippen LogP contribution in [0.4, 0.5) is 0 Å². The largest absolute Gasteiger partial charge is 0.464 e. The fourth-order valence-corrected chi connectivity index (χ4v) is 4.13. The summed E-state index contributed by atoms with van der Waals surface area (Å²) in [4.78, 5) is 28.2. The summed E-state index contributed by atoms with van der Waals surface area (Å²) >= 11 is 1.13. The van der Waals surface area contributed by atoms with Gasteiger partial charge in [-0.1, -0.05) is 37.6 Å². The highest BCUT2D eigenvalue weighted by atomic mass is 32.1. The maximum absolute atomic E-state index is 13.4. The average molecular weight is 419 g/mol. The van der Waals surface area contributed by atoms with E-state index in [1.165, 1.54) is 6.42 Å². The minimum atomic E-state index is -0.821. The van der Waals surface area contributed by atoms with Gasteiger partial charge in [-0.2, -0.15) is 0 Å². The lowest BCUT2D eigenvalue weighted by molar-refractivity contribution is -0.127. The molecule has 1 saturated carbocycles. The summed E-state index contributed by atoms with van der Waals surface area (Å²) in [7, 11) is 0. The van der Waals surface area contributed by atoms with Crippen LogP contribution in [0, 0.1) is 12.8 Å². The zero-order chi connectivity index (χ0) is 20.8. The summed E-state index contributed by atoms with van der Waals surface area (Å²) < 4.78 is 9.64. The van der Waals surface area contributed by atoms with Crippen LogP contribution in [-0.4, -0.2) is 38.9 Å². The SMILES string of the molecule is Cc1ccc([C@H](C(=O)NC2CCCCC2)N(CCC(C)C)C(=O)c2csnn2)o1. The first kappa shape index (κ1) is 21.5. The first-order valence-electron chi connectivity index (χ1n) is 10.4. The number of hydrogen-bond donors (Lipinski definition) is 1. The van der Waals surface area contributed by atoms with E-state index in [-0.39, 0.29) is 23.6 Å².